The fourth-order valence-electron chi connectivity index (χ4n) is 2.84. The van der Waals surface area contributed by atoms with Crippen LogP contribution in [0, 0.1) is 0 Å². The molecular formula is C16H21Cl2N5O. The van der Waals surface area contributed by atoms with Crippen molar-refractivity contribution in [2.45, 2.75) is 44.2 Å². The number of carbonyl (C=O) groups is 1. The molecule has 0 saturated heterocycles. The van der Waals surface area contributed by atoms with Gasteiger partial charge < -0.3 is 15.6 Å². The van der Waals surface area contributed by atoms with Crippen LogP contribution in [0.2, 0.25) is 0 Å². The van der Waals surface area contributed by atoms with Crippen molar-refractivity contribution in [1.29, 1.82) is 0 Å². The molecule has 24 heavy (non-hydrogen) atoms. The van der Waals surface area contributed by atoms with Gasteiger partial charge in [0.1, 0.15) is 5.82 Å². The van der Waals surface area contributed by atoms with Gasteiger partial charge in [-0.1, -0.05) is 0 Å². The second-order valence-electron chi connectivity index (χ2n) is 6.24. The highest BCUT2D eigenvalue weighted by molar-refractivity contribution is 6.00. The molecule has 1 aliphatic carbocycles. The third kappa shape index (κ3) is 3.41. The van der Waals surface area contributed by atoms with Crippen molar-refractivity contribution in [3.63, 3.8) is 0 Å². The first-order valence-electron chi connectivity index (χ1n) is 7.79. The van der Waals surface area contributed by atoms with E-state index in [-0.39, 0.29) is 30.7 Å². The first-order chi connectivity index (χ1) is 10.7. The summed E-state index contributed by atoms with van der Waals surface area (Å²) in [5.41, 5.74) is 7.03. The van der Waals surface area contributed by atoms with Crippen molar-refractivity contribution >= 4 is 36.4 Å². The Labute approximate surface area is 153 Å². The average molecular weight is 370 g/mol. The van der Waals surface area contributed by atoms with Gasteiger partial charge in [-0.2, -0.15) is 0 Å². The van der Waals surface area contributed by atoms with Gasteiger partial charge in [0.05, 0.1) is 5.54 Å². The number of nitrogens with zero attached hydrogens (tertiary/aromatic N) is 3. The molecule has 0 radical (unpaired) electrons. The third-order valence-corrected chi connectivity index (χ3v) is 4.50. The molecule has 0 unspecified atom stereocenters. The maximum Gasteiger partial charge on any atom is 0.244 e. The van der Waals surface area contributed by atoms with E-state index in [9.17, 15) is 4.79 Å². The Morgan fingerprint density at radius 2 is 1.83 bits per heavy atom. The first-order valence-corrected chi connectivity index (χ1v) is 7.79. The quantitative estimate of drug-likeness (QED) is 0.870. The van der Waals surface area contributed by atoms with Crippen molar-refractivity contribution in [2.75, 3.05) is 5.32 Å². The van der Waals surface area contributed by atoms with Crippen LogP contribution in [0.15, 0.2) is 24.3 Å². The Morgan fingerprint density at radius 3 is 2.50 bits per heavy atom. The van der Waals surface area contributed by atoms with Gasteiger partial charge >= 0.3 is 0 Å². The second kappa shape index (κ2) is 7.09. The zero-order chi connectivity index (χ0) is 15.2. The van der Waals surface area contributed by atoms with E-state index in [1.54, 1.807) is 0 Å². The van der Waals surface area contributed by atoms with E-state index in [4.69, 9.17) is 5.73 Å². The molecular weight excluding hydrogens is 349 g/mol. The fourth-order valence-corrected chi connectivity index (χ4v) is 2.84. The summed E-state index contributed by atoms with van der Waals surface area (Å²) in [5.74, 6) is 1.88. The van der Waals surface area contributed by atoms with Crippen molar-refractivity contribution in [3.8, 4) is 11.4 Å². The number of nitrogens with two attached hydrogens (primary N) is 1. The van der Waals surface area contributed by atoms with Crippen LogP contribution in [0.4, 0.5) is 5.69 Å². The lowest BCUT2D eigenvalue weighted by Gasteiger charge is -2.15. The van der Waals surface area contributed by atoms with E-state index < -0.39 is 5.54 Å². The van der Waals surface area contributed by atoms with Crippen molar-refractivity contribution in [2.24, 2.45) is 5.73 Å². The van der Waals surface area contributed by atoms with Crippen LogP contribution in [0.5, 0.6) is 0 Å². The third-order valence-electron chi connectivity index (χ3n) is 4.50. The Bertz CT molecular complexity index is 725. The molecule has 1 aliphatic heterocycles. The van der Waals surface area contributed by atoms with E-state index >= 15 is 0 Å². The molecule has 2 heterocycles. The number of amides is 1. The summed E-state index contributed by atoms with van der Waals surface area (Å²) in [6, 6.07) is 7.72. The van der Waals surface area contributed by atoms with Crippen LogP contribution in [0.25, 0.3) is 11.4 Å². The van der Waals surface area contributed by atoms with Crippen molar-refractivity contribution in [3.05, 3.63) is 30.1 Å². The van der Waals surface area contributed by atoms with E-state index in [1.807, 2.05) is 24.3 Å². The summed E-state index contributed by atoms with van der Waals surface area (Å²) in [5, 5.41) is 11.5. The van der Waals surface area contributed by atoms with Gasteiger partial charge in [0.2, 0.25) is 5.91 Å². The average Bonchev–Trinajstić information content (AvgIpc) is 3.15. The number of carbonyl (C=O) groups excluding carboxylic acids is 1. The van der Waals surface area contributed by atoms with Gasteiger partial charge in [0.25, 0.3) is 0 Å². The molecule has 130 valence electrons. The van der Waals surface area contributed by atoms with Crippen LogP contribution in [0.3, 0.4) is 0 Å². The largest absolute Gasteiger partial charge is 0.324 e. The van der Waals surface area contributed by atoms with Gasteiger partial charge in [-0.15, -0.1) is 35.0 Å². The summed E-state index contributed by atoms with van der Waals surface area (Å²) in [7, 11) is 0. The minimum Gasteiger partial charge on any atom is -0.324 e. The zero-order valence-corrected chi connectivity index (χ0v) is 14.8. The fraction of sp³-hybridized carbons (Fsp3) is 0.438. The number of rotatable bonds is 3. The molecule has 2 aromatic rings. The molecule has 1 saturated carbocycles. The molecule has 1 fully saturated rings. The van der Waals surface area contributed by atoms with Crippen molar-refractivity contribution < 1.29 is 4.79 Å². The Balaban J connectivity index is 0.00000104. The number of hydrogen-bond acceptors (Lipinski definition) is 4. The lowest BCUT2D eigenvalue weighted by molar-refractivity contribution is -0.118. The van der Waals surface area contributed by atoms with Crippen LogP contribution in [0.1, 0.15) is 31.5 Å². The molecule has 0 bridgehead atoms. The minimum atomic E-state index is -0.648. The zero-order valence-electron chi connectivity index (χ0n) is 13.2. The molecule has 1 aromatic heterocycles. The minimum absolute atomic E-state index is 0. The molecule has 2 aliphatic rings. The number of nitrogens with one attached hydrogen (secondary N) is 1. The molecule has 1 aromatic carbocycles. The summed E-state index contributed by atoms with van der Waals surface area (Å²) in [4.78, 5) is 11.9. The van der Waals surface area contributed by atoms with Crippen molar-refractivity contribution in [1.82, 2.24) is 14.8 Å². The number of anilines is 1. The molecule has 3 N–H and O–H groups in total. The van der Waals surface area contributed by atoms with Gasteiger partial charge in [0.15, 0.2) is 5.82 Å². The summed E-state index contributed by atoms with van der Waals surface area (Å²) >= 11 is 0. The molecule has 4 rings (SSSR count). The molecule has 0 atom stereocenters. The first kappa shape index (κ1) is 18.7. The maximum absolute atomic E-state index is 11.9. The normalized spacial score (nSPS) is 17.0. The smallest absolute Gasteiger partial charge is 0.244 e. The van der Waals surface area contributed by atoms with Crippen LogP contribution < -0.4 is 11.1 Å². The second-order valence-corrected chi connectivity index (χ2v) is 6.24. The highest BCUT2D eigenvalue weighted by Gasteiger charge is 2.45. The number of halogens is 2. The number of hydrogen-bond donors (Lipinski definition) is 2. The number of aromatic nitrogens is 3. The summed E-state index contributed by atoms with van der Waals surface area (Å²) in [6.45, 7) is 0.978. The van der Waals surface area contributed by atoms with E-state index in [0.717, 1.165) is 48.7 Å². The SMILES string of the molecule is Cl.Cl.NC1(C(=O)Nc2ccc(-c3nnc4n3CCCC4)cc2)CC1. The van der Waals surface area contributed by atoms with E-state index in [0.29, 0.717) is 0 Å². The lowest BCUT2D eigenvalue weighted by atomic mass is 10.1. The summed E-state index contributed by atoms with van der Waals surface area (Å²) in [6.07, 6.45) is 4.89. The summed E-state index contributed by atoms with van der Waals surface area (Å²) < 4.78 is 2.19. The Morgan fingerprint density at radius 1 is 1.12 bits per heavy atom. The predicted molar refractivity (Wildman–Crippen MR) is 97.7 cm³/mol. The molecule has 6 nitrogen and oxygen atoms in total. The van der Waals surface area contributed by atoms with Crippen LogP contribution >= 0.6 is 24.8 Å². The van der Waals surface area contributed by atoms with Gasteiger partial charge in [-0.3, -0.25) is 4.79 Å². The van der Waals surface area contributed by atoms with Gasteiger partial charge in [-0.25, -0.2) is 0 Å². The molecule has 0 spiro atoms. The van der Waals surface area contributed by atoms with Gasteiger partial charge in [0, 0.05) is 24.2 Å². The monoisotopic (exact) mass is 369 g/mol. The standard InChI is InChI=1S/C16H19N5O.2ClH/c17-16(8-9-16)15(22)18-12-6-4-11(5-7-12)14-20-19-13-3-1-2-10-21(13)14;;/h4-7H,1-3,8-10,17H2,(H,18,22);2*1H. The number of fused-ring (bicyclic) bond motifs is 1. The molecule has 8 heteroatoms. The highest BCUT2D eigenvalue weighted by atomic mass is 35.5. The van der Waals surface area contributed by atoms with E-state index in [1.165, 1.54) is 12.8 Å². The highest BCUT2D eigenvalue weighted by Crippen LogP contribution is 2.33. The topological polar surface area (TPSA) is 85.8 Å². The Hall–Kier alpha value is -1.63. The number of aryl methyl sites for hydroxylation is 1. The molecule has 1 amide bonds. The Kier molecular flexibility index (Phi) is 5.52. The maximum atomic E-state index is 11.9. The van der Waals surface area contributed by atoms with E-state index in [2.05, 4.69) is 20.1 Å². The van der Waals surface area contributed by atoms with Gasteiger partial charge in [-0.05, 0) is 49.9 Å². The lowest BCUT2D eigenvalue weighted by Crippen LogP contribution is -2.37. The number of benzene rings is 1. The van der Waals surface area contributed by atoms with Crippen LogP contribution in [-0.2, 0) is 17.8 Å². The van der Waals surface area contributed by atoms with Crippen LogP contribution in [-0.4, -0.2) is 26.2 Å². The predicted octanol–water partition coefficient (Wildman–Crippen LogP) is 2.55.